The van der Waals surface area contributed by atoms with Crippen LogP contribution in [-0.4, -0.2) is 99.3 Å². The largest absolute Gasteiger partial charge is 0.508 e. The molecular weight excluding hydrogens is 731 g/mol. The van der Waals surface area contributed by atoms with Crippen molar-refractivity contribution in [2.45, 2.75) is 82.8 Å². The van der Waals surface area contributed by atoms with E-state index in [2.05, 4.69) is 26.3 Å². The minimum atomic E-state index is -5.08. The molecule has 0 fully saturated rings. The average molecular weight is 780 g/mol. The number of aliphatic hydroxyl groups is 1. The van der Waals surface area contributed by atoms with Gasteiger partial charge >= 0.3 is 12.1 Å². The van der Waals surface area contributed by atoms with Crippen LogP contribution in [0.2, 0.25) is 0 Å². The maximum Gasteiger partial charge on any atom is 0.490 e. The van der Waals surface area contributed by atoms with Crippen molar-refractivity contribution >= 4 is 46.4 Å². The van der Waals surface area contributed by atoms with E-state index in [0.29, 0.717) is 31.4 Å². The van der Waals surface area contributed by atoms with Gasteiger partial charge in [0.15, 0.2) is 0 Å². The Kier molecular flexibility index (Phi) is 18.1. The molecule has 0 saturated heterocycles. The molecule has 0 saturated carbocycles. The third-order valence-corrected chi connectivity index (χ3v) is 8.24. The number of aromatic hydroxyl groups is 1. The summed E-state index contributed by atoms with van der Waals surface area (Å²) in [6.07, 6.45) is -2.61. The first-order valence-electron chi connectivity index (χ1n) is 17.3. The lowest BCUT2D eigenvalue weighted by Crippen LogP contribution is -2.53. The number of rotatable bonds is 19. The van der Waals surface area contributed by atoms with Crippen LogP contribution < -0.4 is 32.7 Å². The number of aromatic nitrogens is 1. The van der Waals surface area contributed by atoms with Gasteiger partial charge < -0.3 is 53.0 Å². The van der Waals surface area contributed by atoms with Gasteiger partial charge in [-0.15, -0.1) is 0 Å². The number of aliphatic hydroxyl groups excluding tert-OH is 1. The topological polar surface area (TPSA) is 279 Å². The number of phenols is 1. The monoisotopic (exact) mass is 779 g/mol. The molecule has 55 heavy (non-hydrogen) atoms. The molecule has 3 rings (SSSR count). The van der Waals surface area contributed by atoms with Crippen LogP contribution in [-0.2, 0) is 41.6 Å². The Morgan fingerprint density at radius 2 is 1.55 bits per heavy atom. The van der Waals surface area contributed by atoms with Crippen LogP contribution >= 0.6 is 0 Å². The quantitative estimate of drug-likeness (QED) is 0.0767. The lowest BCUT2D eigenvalue weighted by atomic mass is 9.97. The van der Waals surface area contributed by atoms with Gasteiger partial charge in [-0.1, -0.05) is 36.8 Å². The van der Waals surface area contributed by atoms with E-state index >= 15 is 0 Å². The highest BCUT2D eigenvalue weighted by Crippen LogP contribution is 2.21. The Bertz CT molecular complexity index is 1750. The first-order valence-corrected chi connectivity index (χ1v) is 17.3. The summed E-state index contributed by atoms with van der Waals surface area (Å²) in [7, 11) is 0. The summed E-state index contributed by atoms with van der Waals surface area (Å²) in [5.41, 5.74) is 13.7. The Hall–Kier alpha value is -5.69. The van der Waals surface area contributed by atoms with Crippen LogP contribution in [0.1, 0.15) is 50.7 Å². The zero-order chi connectivity index (χ0) is 41.3. The van der Waals surface area contributed by atoms with Gasteiger partial charge in [-0.25, -0.2) is 4.79 Å². The summed E-state index contributed by atoms with van der Waals surface area (Å²) >= 11 is 0. The molecule has 0 radical (unpaired) electrons. The molecule has 3 aromatic rings. The molecule has 12 N–H and O–H groups in total. The lowest BCUT2D eigenvalue weighted by Gasteiger charge is -2.25. The van der Waals surface area contributed by atoms with Crippen molar-refractivity contribution in [3.8, 4) is 5.75 Å². The number of amides is 5. The number of carbonyl (C=O) groups excluding carboxylic acids is 5. The van der Waals surface area contributed by atoms with Crippen LogP contribution in [0.3, 0.4) is 0 Å². The molecule has 19 heteroatoms. The second-order valence-corrected chi connectivity index (χ2v) is 12.8. The van der Waals surface area contributed by atoms with Crippen molar-refractivity contribution in [2.75, 3.05) is 13.1 Å². The Morgan fingerprint density at radius 3 is 2.11 bits per heavy atom. The molecule has 0 spiro atoms. The highest BCUT2D eigenvalue weighted by molar-refractivity contribution is 5.89. The van der Waals surface area contributed by atoms with Crippen molar-refractivity contribution in [1.82, 2.24) is 26.3 Å². The number of halogens is 3. The fraction of sp³-hybridized carbons (Fsp3) is 0.444. The van der Waals surface area contributed by atoms with Crippen molar-refractivity contribution in [3.05, 3.63) is 65.9 Å². The molecule has 2 aromatic carbocycles. The third kappa shape index (κ3) is 16.1. The van der Waals surface area contributed by atoms with Gasteiger partial charge in [0.05, 0.1) is 12.0 Å². The SMILES string of the molecule is CC(=O)N[C@H](C(=O)NC[C@H](CCCCN)C(=O)N[C@H](CC(=O)N[C@@H](Cc1ccc(O)cc1)C(N)=O)Cc1c[nH]c2ccccc12)[C@@H](C)O.O=C(O)C(F)(F)F. The highest BCUT2D eigenvalue weighted by Gasteiger charge is 2.38. The number of alkyl halides is 3. The number of para-hydroxylation sites is 1. The van der Waals surface area contributed by atoms with Gasteiger partial charge in [0.2, 0.25) is 29.5 Å². The number of aliphatic carboxylic acids is 1. The van der Waals surface area contributed by atoms with Gasteiger partial charge in [0.25, 0.3) is 0 Å². The van der Waals surface area contributed by atoms with Gasteiger partial charge in [-0.2, -0.15) is 13.2 Å². The molecule has 0 aliphatic heterocycles. The molecule has 1 heterocycles. The number of nitrogens with two attached hydrogens (primary N) is 2. The van der Waals surface area contributed by atoms with E-state index in [0.717, 1.165) is 16.5 Å². The molecule has 1 aromatic heterocycles. The molecule has 0 bridgehead atoms. The Balaban J connectivity index is 0.00000136. The van der Waals surface area contributed by atoms with Crippen molar-refractivity contribution < 1.29 is 57.3 Å². The fourth-order valence-electron chi connectivity index (χ4n) is 5.45. The number of fused-ring (bicyclic) bond motifs is 1. The Morgan fingerprint density at radius 1 is 0.909 bits per heavy atom. The standard InChI is InChI=1S/C34H47N7O7.C2HF3O2/c1-20(42)31(39-21(2)43)34(48)38-18-23(7-5-6-14-35)33(47)40-25(16-24-19-37-28-9-4-3-8-27(24)28)17-30(45)41-29(32(36)46)15-22-10-12-26(44)13-11-22;3-2(4,5)1(6)7/h3-4,8-13,19-20,23,25,29,31,37,42,44H,5-7,14-18,35H2,1-2H3,(H2,36,46)(H,38,48)(H,39,43)(H,40,47)(H,41,45);(H,6,7)/t20-,23+,25+,29+,31+;/m1./s1. The van der Waals surface area contributed by atoms with E-state index in [4.69, 9.17) is 21.4 Å². The normalized spacial score (nSPS) is 13.9. The number of aromatic amines is 1. The molecule has 5 atom stereocenters. The second kappa shape index (κ2) is 21.9. The van der Waals surface area contributed by atoms with Gasteiger partial charge in [-0.3, -0.25) is 24.0 Å². The number of carboxylic acids is 1. The minimum Gasteiger partial charge on any atom is -0.508 e. The molecule has 0 aliphatic carbocycles. The number of hydrogen-bond acceptors (Lipinski definition) is 9. The van der Waals surface area contributed by atoms with E-state index in [1.165, 1.54) is 26.0 Å². The summed E-state index contributed by atoms with van der Waals surface area (Å²) in [5, 5.41) is 38.4. The summed E-state index contributed by atoms with van der Waals surface area (Å²) in [5.74, 6) is -6.20. The van der Waals surface area contributed by atoms with Crippen LogP contribution in [0.4, 0.5) is 13.2 Å². The number of carboxylic acid groups (broad SMARTS) is 1. The van der Waals surface area contributed by atoms with Crippen LogP contribution in [0.5, 0.6) is 5.75 Å². The first-order chi connectivity index (χ1) is 25.8. The molecule has 0 unspecified atom stereocenters. The average Bonchev–Trinajstić information content (AvgIpc) is 3.51. The second-order valence-electron chi connectivity index (χ2n) is 12.8. The first kappa shape index (κ1) is 45.5. The summed E-state index contributed by atoms with van der Waals surface area (Å²) in [6.45, 7) is 2.94. The molecule has 5 amide bonds. The van der Waals surface area contributed by atoms with E-state index < -0.39 is 71.8 Å². The maximum atomic E-state index is 13.8. The molecule has 0 aliphatic rings. The molecule has 302 valence electrons. The van der Waals surface area contributed by atoms with Gasteiger partial charge in [-0.05, 0) is 62.1 Å². The number of hydrogen-bond donors (Lipinski definition) is 10. The fourth-order valence-corrected chi connectivity index (χ4v) is 5.45. The van der Waals surface area contributed by atoms with Crippen LogP contribution in [0.15, 0.2) is 54.7 Å². The van der Waals surface area contributed by atoms with E-state index in [1.807, 2.05) is 30.5 Å². The summed E-state index contributed by atoms with van der Waals surface area (Å²) in [6, 6.07) is 10.9. The summed E-state index contributed by atoms with van der Waals surface area (Å²) in [4.78, 5) is 75.9. The zero-order valence-electron chi connectivity index (χ0n) is 30.3. The van der Waals surface area contributed by atoms with Crippen LogP contribution in [0.25, 0.3) is 10.9 Å². The number of primary amides is 1. The van der Waals surface area contributed by atoms with E-state index in [-0.39, 0.29) is 31.6 Å². The predicted octanol–water partition coefficient (Wildman–Crippen LogP) is 0.884. The van der Waals surface area contributed by atoms with E-state index in [1.54, 1.807) is 12.1 Å². The smallest absolute Gasteiger partial charge is 0.490 e. The number of carbonyl (C=O) groups is 6. The number of nitrogens with one attached hydrogen (secondary N) is 5. The minimum absolute atomic E-state index is 0.0608. The highest BCUT2D eigenvalue weighted by atomic mass is 19.4. The molecular formula is C36H48F3N7O9. The predicted molar refractivity (Wildman–Crippen MR) is 194 cm³/mol. The van der Waals surface area contributed by atoms with Crippen LogP contribution in [0, 0.1) is 5.92 Å². The van der Waals surface area contributed by atoms with Gasteiger partial charge in [0, 0.05) is 49.5 Å². The van der Waals surface area contributed by atoms with Crippen molar-refractivity contribution in [3.63, 3.8) is 0 Å². The maximum absolute atomic E-state index is 13.8. The lowest BCUT2D eigenvalue weighted by molar-refractivity contribution is -0.192. The number of H-pyrrole nitrogens is 1. The summed E-state index contributed by atoms with van der Waals surface area (Å²) < 4.78 is 31.7. The van der Waals surface area contributed by atoms with Crippen molar-refractivity contribution in [1.29, 1.82) is 0 Å². The number of phenolic OH excluding ortho intramolecular Hbond substituents is 1. The van der Waals surface area contributed by atoms with Gasteiger partial charge in [0.1, 0.15) is 17.8 Å². The number of unbranched alkanes of at least 4 members (excludes halogenated alkanes) is 1. The molecule has 16 nitrogen and oxygen atoms in total. The zero-order valence-corrected chi connectivity index (χ0v) is 30.3. The number of benzene rings is 2. The third-order valence-electron chi connectivity index (χ3n) is 8.24. The Labute approximate surface area is 314 Å². The van der Waals surface area contributed by atoms with E-state index in [9.17, 15) is 47.4 Å². The van der Waals surface area contributed by atoms with Crippen molar-refractivity contribution in [2.24, 2.45) is 17.4 Å².